The maximum atomic E-state index is 12.1. The number of benzene rings is 1. The number of anilines is 1. The molecule has 0 spiro atoms. The zero-order valence-corrected chi connectivity index (χ0v) is 15.9. The van der Waals surface area contributed by atoms with E-state index in [-0.39, 0.29) is 11.4 Å². The van der Waals surface area contributed by atoms with Gasteiger partial charge in [-0.25, -0.2) is 0 Å². The average Bonchev–Trinajstić information content (AvgIpc) is 2.81. The molecule has 8 heteroatoms. The van der Waals surface area contributed by atoms with Crippen molar-refractivity contribution in [2.75, 3.05) is 5.32 Å². The van der Waals surface area contributed by atoms with Crippen LogP contribution in [0.4, 0.5) is 5.69 Å². The smallest absolute Gasteiger partial charge is 0.326 e. The van der Waals surface area contributed by atoms with Gasteiger partial charge in [0.15, 0.2) is 6.10 Å². The molecule has 1 heterocycles. The molecule has 2 aromatic rings. The molecule has 0 radical (unpaired) electrons. The van der Waals surface area contributed by atoms with E-state index in [1.54, 1.807) is 18.4 Å². The predicted octanol–water partition coefficient (Wildman–Crippen LogP) is 2.86. The number of nitrogens with zero attached hydrogens (tertiary/aromatic N) is 1. The lowest BCUT2D eigenvalue weighted by Crippen LogP contribution is -2.32. The molecule has 0 bridgehead atoms. The first-order valence-electron chi connectivity index (χ1n) is 7.19. The summed E-state index contributed by atoms with van der Waals surface area (Å²) in [5, 5.41) is 4.36. The second-order valence-electron chi connectivity index (χ2n) is 5.33. The Balaban J connectivity index is 1.96. The number of aromatic nitrogens is 1. The molecule has 6 nitrogen and oxygen atoms in total. The maximum absolute atomic E-state index is 12.1. The van der Waals surface area contributed by atoms with Crippen LogP contribution in [0.1, 0.15) is 18.2 Å². The summed E-state index contributed by atoms with van der Waals surface area (Å²) in [4.78, 5) is 35.4. The van der Waals surface area contributed by atoms with Crippen molar-refractivity contribution >= 4 is 44.8 Å². The third-order valence-electron chi connectivity index (χ3n) is 3.32. The molecule has 0 aliphatic rings. The Morgan fingerprint density at radius 1 is 1.38 bits per heavy atom. The highest BCUT2D eigenvalue weighted by molar-refractivity contribution is 9.10. The minimum atomic E-state index is -0.972. The van der Waals surface area contributed by atoms with Crippen LogP contribution in [0.3, 0.4) is 0 Å². The first-order chi connectivity index (χ1) is 11.3. The molecule has 1 aromatic carbocycles. The molecule has 1 aromatic heterocycles. The van der Waals surface area contributed by atoms with Gasteiger partial charge in [-0.2, -0.15) is 0 Å². The summed E-state index contributed by atoms with van der Waals surface area (Å²) in [6.07, 6.45) is -0.972. The third kappa shape index (κ3) is 4.55. The predicted molar refractivity (Wildman–Crippen MR) is 96.4 cm³/mol. The SMILES string of the molecule is Cc1ccc(NC(=O)[C@@H](C)OC(=O)Cn2c(C)csc2=O)c(Br)c1. The first-order valence-corrected chi connectivity index (χ1v) is 8.86. The lowest BCUT2D eigenvalue weighted by atomic mass is 10.2. The number of nitrogens with one attached hydrogen (secondary N) is 1. The Labute approximate surface area is 151 Å². The van der Waals surface area contributed by atoms with Gasteiger partial charge < -0.3 is 10.1 Å². The quantitative estimate of drug-likeness (QED) is 0.765. The molecule has 1 N–H and O–H groups in total. The average molecular weight is 413 g/mol. The van der Waals surface area contributed by atoms with Gasteiger partial charge in [0.05, 0.1) is 5.69 Å². The number of aryl methyl sites for hydroxylation is 2. The molecule has 1 atom stereocenters. The molecular formula is C16H17BrN2O4S. The molecular weight excluding hydrogens is 396 g/mol. The van der Waals surface area contributed by atoms with E-state index in [4.69, 9.17) is 4.74 Å². The summed E-state index contributed by atoms with van der Waals surface area (Å²) >= 11 is 4.39. The zero-order valence-electron chi connectivity index (χ0n) is 13.5. The molecule has 128 valence electrons. The van der Waals surface area contributed by atoms with E-state index in [1.807, 2.05) is 19.1 Å². The number of ether oxygens (including phenoxy) is 1. The van der Waals surface area contributed by atoms with Gasteiger partial charge in [-0.05, 0) is 54.4 Å². The fourth-order valence-electron chi connectivity index (χ4n) is 1.97. The Morgan fingerprint density at radius 2 is 2.08 bits per heavy atom. The first kappa shape index (κ1) is 18.4. The Morgan fingerprint density at radius 3 is 2.67 bits per heavy atom. The highest BCUT2D eigenvalue weighted by Crippen LogP contribution is 2.23. The molecule has 0 saturated carbocycles. The van der Waals surface area contributed by atoms with Crippen LogP contribution >= 0.6 is 27.3 Å². The normalized spacial score (nSPS) is 11.8. The maximum Gasteiger partial charge on any atom is 0.326 e. The van der Waals surface area contributed by atoms with E-state index < -0.39 is 18.0 Å². The standard InChI is InChI=1S/C16H17BrN2O4S/c1-9-4-5-13(12(17)6-9)18-15(21)11(3)23-14(20)7-19-10(2)8-24-16(19)22/h4-6,8,11H,7H2,1-3H3,(H,18,21)/t11-/m1/s1. The van der Waals surface area contributed by atoms with Gasteiger partial charge >= 0.3 is 10.8 Å². The van der Waals surface area contributed by atoms with Crippen molar-refractivity contribution in [3.05, 3.63) is 49.0 Å². The Bertz CT molecular complexity index is 828. The number of rotatable bonds is 5. The van der Waals surface area contributed by atoms with Crippen LogP contribution in [0.5, 0.6) is 0 Å². The topological polar surface area (TPSA) is 77.4 Å². The molecule has 2 rings (SSSR count). The van der Waals surface area contributed by atoms with Crippen LogP contribution in [0, 0.1) is 13.8 Å². The number of carbonyl (C=O) groups is 2. The van der Waals surface area contributed by atoms with Crippen LogP contribution in [0.25, 0.3) is 0 Å². The van der Waals surface area contributed by atoms with Crippen molar-refractivity contribution in [2.24, 2.45) is 0 Å². The van der Waals surface area contributed by atoms with Crippen molar-refractivity contribution in [1.29, 1.82) is 0 Å². The molecule has 0 aliphatic heterocycles. The molecule has 0 saturated heterocycles. The van der Waals surface area contributed by atoms with E-state index in [9.17, 15) is 14.4 Å². The van der Waals surface area contributed by atoms with Gasteiger partial charge in [0.25, 0.3) is 5.91 Å². The zero-order chi connectivity index (χ0) is 17.9. The number of thiazole rings is 1. The number of hydrogen-bond acceptors (Lipinski definition) is 5. The van der Waals surface area contributed by atoms with Gasteiger partial charge in [0.2, 0.25) is 0 Å². The van der Waals surface area contributed by atoms with E-state index in [1.165, 1.54) is 11.5 Å². The van der Waals surface area contributed by atoms with Gasteiger partial charge in [-0.3, -0.25) is 19.0 Å². The lowest BCUT2D eigenvalue weighted by Gasteiger charge is -2.15. The van der Waals surface area contributed by atoms with Gasteiger partial charge in [-0.1, -0.05) is 17.4 Å². The van der Waals surface area contributed by atoms with E-state index in [0.29, 0.717) is 11.4 Å². The minimum Gasteiger partial charge on any atom is -0.451 e. The second kappa shape index (κ2) is 7.76. The number of amides is 1. The van der Waals surface area contributed by atoms with E-state index in [2.05, 4.69) is 21.2 Å². The van der Waals surface area contributed by atoms with Crippen LogP contribution in [0.2, 0.25) is 0 Å². The summed E-state index contributed by atoms with van der Waals surface area (Å²) in [6.45, 7) is 4.95. The van der Waals surface area contributed by atoms with E-state index in [0.717, 1.165) is 21.4 Å². The number of esters is 1. The molecule has 24 heavy (non-hydrogen) atoms. The number of hydrogen-bond donors (Lipinski definition) is 1. The largest absolute Gasteiger partial charge is 0.451 e. The summed E-state index contributed by atoms with van der Waals surface area (Å²) in [7, 11) is 0. The van der Waals surface area contributed by atoms with Gasteiger partial charge in [-0.15, -0.1) is 0 Å². The Hall–Kier alpha value is -1.93. The summed E-state index contributed by atoms with van der Waals surface area (Å²) < 4.78 is 7.17. The fraction of sp³-hybridized carbons (Fsp3) is 0.312. The van der Waals surface area contributed by atoms with E-state index >= 15 is 0 Å². The monoisotopic (exact) mass is 412 g/mol. The highest BCUT2D eigenvalue weighted by Gasteiger charge is 2.19. The molecule has 0 fully saturated rings. The van der Waals surface area contributed by atoms with Crippen LogP contribution < -0.4 is 10.2 Å². The Kier molecular flexibility index (Phi) is 5.95. The van der Waals surface area contributed by atoms with Crippen molar-refractivity contribution in [1.82, 2.24) is 4.57 Å². The minimum absolute atomic E-state index is 0.208. The van der Waals surface area contributed by atoms with Crippen molar-refractivity contribution in [3.63, 3.8) is 0 Å². The van der Waals surface area contributed by atoms with Gasteiger partial charge in [0, 0.05) is 15.5 Å². The second-order valence-corrected chi connectivity index (χ2v) is 7.01. The highest BCUT2D eigenvalue weighted by atomic mass is 79.9. The summed E-state index contributed by atoms with van der Waals surface area (Å²) in [6, 6.07) is 5.50. The van der Waals surface area contributed by atoms with Crippen LogP contribution in [-0.4, -0.2) is 22.5 Å². The third-order valence-corrected chi connectivity index (χ3v) is 4.86. The molecule has 1 amide bonds. The number of halogens is 1. The van der Waals surface area contributed by atoms with Crippen molar-refractivity contribution < 1.29 is 14.3 Å². The summed E-state index contributed by atoms with van der Waals surface area (Å²) in [5.41, 5.74) is 2.33. The van der Waals surface area contributed by atoms with Crippen LogP contribution in [0.15, 0.2) is 32.8 Å². The van der Waals surface area contributed by atoms with Crippen LogP contribution in [-0.2, 0) is 20.9 Å². The molecule has 0 unspecified atom stereocenters. The van der Waals surface area contributed by atoms with Crippen molar-refractivity contribution in [2.45, 2.75) is 33.4 Å². The lowest BCUT2D eigenvalue weighted by molar-refractivity contribution is -0.153. The number of carbonyl (C=O) groups excluding carboxylic acids is 2. The van der Waals surface area contributed by atoms with Crippen molar-refractivity contribution in [3.8, 4) is 0 Å². The fourth-order valence-corrected chi connectivity index (χ4v) is 3.30. The van der Waals surface area contributed by atoms with Gasteiger partial charge in [0.1, 0.15) is 6.54 Å². The summed E-state index contributed by atoms with van der Waals surface area (Å²) in [5.74, 6) is -1.08. The molecule has 0 aliphatic carbocycles.